The van der Waals surface area contributed by atoms with Crippen molar-refractivity contribution in [3.8, 4) is 0 Å². The molecule has 3 nitrogen and oxygen atoms in total. The molecule has 0 saturated carbocycles. The first-order valence-electron chi connectivity index (χ1n) is 6.67. The van der Waals surface area contributed by atoms with Crippen molar-refractivity contribution in [3.05, 3.63) is 49.9 Å². The average molecular weight is 343 g/mol. The zero-order valence-corrected chi connectivity index (χ0v) is 14.1. The molecule has 1 atom stereocenters. The molecule has 0 fully saturated rings. The minimum Gasteiger partial charge on any atom is -0.348 e. The number of nitrogens with zero attached hydrogens (tertiary/aromatic N) is 1. The van der Waals surface area contributed by atoms with E-state index in [1.165, 1.54) is 0 Å². The first kappa shape index (κ1) is 16.3. The Hall–Kier alpha value is -1.10. The summed E-state index contributed by atoms with van der Waals surface area (Å²) in [5, 5.41) is 6.99. The van der Waals surface area contributed by atoms with E-state index in [4.69, 9.17) is 23.2 Å². The van der Waals surface area contributed by atoms with Crippen molar-refractivity contribution in [2.45, 2.75) is 32.7 Å². The maximum absolute atomic E-state index is 12.1. The molecule has 1 heterocycles. The normalized spacial score (nSPS) is 12.2. The molecule has 21 heavy (non-hydrogen) atoms. The molecule has 1 aromatic carbocycles. The monoisotopic (exact) mass is 342 g/mol. The molecule has 0 radical (unpaired) electrons. The zero-order chi connectivity index (χ0) is 15.4. The molecule has 0 bridgehead atoms. The highest BCUT2D eigenvalue weighted by Gasteiger charge is 2.15. The number of hydrogen-bond donors (Lipinski definition) is 1. The van der Waals surface area contributed by atoms with Gasteiger partial charge >= 0.3 is 0 Å². The predicted molar refractivity (Wildman–Crippen MR) is 88.2 cm³/mol. The number of rotatable bonds is 5. The summed E-state index contributed by atoms with van der Waals surface area (Å²) in [6.07, 6.45) is 1.06. The maximum Gasteiger partial charge on any atom is 0.225 e. The maximum atomic E-state index is 12.1. The fourth-order valence-electron chi connectivity index (χ4n) is 1.91. The van der Waals surface area contributed by atoms with Crippen molar-refractivity contribution in [3.63, 3.8) is 0 Å². The summed E-state index contributed by atoms with van der Waals surface area (Å²) in [7, 11) is 0. The quantitative estimate of drug-likeness (QED) is 0.872. The number of carbonyl (C=O) groups excluding carboxylic acids is 1. The number of halogens is 2. The predicted octanol–water partition coefficient (Wildman–Crippen LogP) is 4.43. The molecule has 0 spiro atoms. The van der Waals surface area contributed by atoms with Crippen LogP contribution < -0.4 is 5.32 Å². The second-order valence-electron chi connectivity index (χ2n) is 4.69. The lowest BCUT2D eigenvalue weighted by atomic mass is 10.1. The molecule has 1 unspecified atom stereocenters. The fraction of sp³-hybridized carbons (Fsp3) is 0.333. The molecular weight excluding hydrogens is 327 g/mol. The zero-order valence-electron chi connectivity index (χ0n) is 11.8. The van der Waals surface area contributed by atoms with Gasteiger partial charge in [0, 0.05) is 15.4 Å². The Morgan fingerprint density at radius 3 is 2.62 bits per heavy atom. The van der Waals surface area contributed by atoms with E-state index in [2.05, 4.69) is 17.2 Å². The number of hydrogen-bond acceptors (Lipinski definition) is 3. The van der Waals surface area contributed by atoms with E-state index in [-0.39, 0.29) is 18.4 Å². The van der Waals surface area contributed by atoms with E-state index >= 15 is 0 Å². The smallest absolute Gasteiger partial charge is 0.225 e. The van der Waals surface area contributed by atoms with E-state index in [9.17, 15) is 4.79 Å². The van der Waals surface area contributed by atoms with Gasteiger partial charge < -0.3 is 5.32 Å². The van der Waals surface area contributed by atoms with Crippen LogP contribution in [-0.2, 0) is 17.6 Å². The molecule has 0 aliphatic heterocycles. The summed E-state index contributed by atoms with van der Waals surface area (Å²) in [5.74, 6) is -0.122. The van der Waals surface area contributed by atoms with Crippen molar-refractivity contribution >= 4 is 40.4 Å². The second kappa shape index (κ2) is 7.25. The topological polar surface area (TPSA) is 42.0 Å². The summed E-state index contributed by atoms with van der Waals surface area (Å²) in [5.41, 5.74) is 1.54. The first-order valence-corrected chi connectivity index (χ1v) is 8.31. The molecule has 2 rings (SSSR count). The van der Waals surface area contributed by atoms with Gasteiger partial charge in [0.2, 0.25) is 5.91 Å². The van der Waals surface area contributed by atoms with Gasteiger partial charge in [-0.2, -0.15) is 0 Å². The number of benzene rings is 1. The molecule has 6 heteroatoms. The third-order valence-electron chi connectivity index (χ3n) is 3.09. The van der Waals surface area contributed by atoms with Crippen LogP contribution in [0.25, 0.3) is 0 Å². The van der Waals surface area contributed by atoms with Crippen LogP contribution in [0.4, 0.5) is 0 Å². The Bertz CT molecular complexity index is 622. The molecule has 0 aliphatic rings. The molecular formula is C15H16Cl2N2OS. The molecule has 2 aromatic rings. The molecule has 1 aromatic heterocycles. The lowest BCUT2D eigenvalue weighted by Gasteiger charge is -2.13. The van der Waals surface area contributed by atoms with Crippen LogP contribution in [0.2, 0.25) is 10.0 Å². The summed E-state index contributed by atoms with van der Waals surface area (Å²) in [4.78, 5) is 16.6. The van der Waals surface area contributed by atoms with Gasteiger partial charge in [-0.1, -0.05) is 36.2 Å². The third kappa shape index (κ3) is 4.19. The van der Waals surface area contributed by atoms with Crippen LogP contribution in [0.5, 0.6) is 0 Å². The van der Waals surface area contributed by atoms with Gasteiger partial charge in [0.1, 0.15) is 0 Å². The van der Waals surface area contributed by atoms with Crippen molar-refractivity contribution in [1.82, 2.24) is 10.3 Å². The van der Waals surface area contributed by atoms with Crippen molar-refractivity contribution in [2.75, 3.05) is 0 Å². The minimum atomic E-state index is -0.129. The van der Waals surface area contributed by atoms with Crippen LogP contribution >= 0.6 is 34.5 Å². The highest BCUT2D eigenvalue weighted by atomic mass is 35.5. The van der Waals surface area contributed by atoms with E-state index in [1.807, 2.05) is 12.3 Å². The standard InChI is InChI=1S/C15H16Cl2N2OS/c1-3-15-19-13(8-21-15)9(2)18-14(20)7-10-11(16)5-4-6-12(10)17/h4-6,8-9H,3,7H2,1-2H3,(H,18,20). The van der Waals surface area contributed by atoms with Crippen LogP contribution in [0.3, 0.4) is 0 Å². The lowest BCUT2D eigenvalue weighted by Crippen LogP contribution is -2.28. The molecule has 1 amide bonds. The van der Waals surface area contributed by atoms with E-state index in [0.29, 0.717) is 15.6 Å². The number of aryl methyl sites for hydroxylation is 1. The van der Waals surface area contributed by atoms with Gasteiger partial charge in [-0.05, 0) is 31.0 Å². The van der Waals surface area contributed by atoms with Gasteiger partial charge in [0.05, 0.1) is 23.2 Å². The summed E-state index contributed by atoms with van der Waals surface area (Å²) in [6, 6.07) is 5.09. The van der Waals surface area contributed by atoms with E-state index in [1.54, 1.807) is 29.5 Å². The molecule has 0 aliphatic carbocycles. The van der Waals surface area contributed by atoms with Gasteiger partial charge in [-0.15, -0.1) is 11.3 Å². The van der Waals surface area contributed by atoms with Crippen molar-refractivity contribution in [1.29, 1.82) is 0 Å². The number of nitrogens with one attached hydrogen (secondary N) is 1. The van der Waals surface area contributed by atoms with Crippen LogP contribution in [0.15, 0.2) is 23.6 Å². The third-order valence-corrected chi connectivity index (χ3v) is 4.81. The highest BCUT2D eigenvalue weighted by Crippen LogP contribution is 2.25. The lowest BCUT2D eigenvalue weighted by molar-refractivity contribution is -0.121. The SMILES string of the molecule is CCc1nc(C(C)NC(=O)Cc2c(Cl)cccc2Cl)cs1. The van der Waals surface area contributed by atoms with Crippen LogP contribution in [0, 0.1) is 0 Å². The average Bonchev–Trinajstić information content (AvgIpc) is 2.92. The Morgan fingerprint density at radius 2 is 2.05 bits per heavy atom. The van der Waals surface area contributed by atoms with Gasteiger partial charge in [-0.25, -0.2) is 4.98 Å². The summed E-state index contributed by atoms with van der Waals surface area (Å²) < 4.78 is 0. The number of amides is 1. The van der Waals surface area contributed by atoms with Gasteiger partial charge in [0.25, 0.3) is 0 Å². The molecule has 1 N–H and O–H groups in total. The van der Waals surface area contributed by atoms with Gasteiger partial charge in [0.15, 0.2) is 0 Å². The highest BCUT2D eigenvalue weighted by molar-refractivity contribution is 7.09. The van der Waals surface area contributed by atoms with E-state index in [0.717, 1.165) is 17.1 Å². The molecule has 0 saturated heterocycles. The number of aromatic nitrogens is 1. The summed E-state index contributed by atoms with van der Waals surface area (Å²) >= 11 is 13.8. The van der Waals surface area contributed by atoms with Crippen LogP contribution in [-0.4, -0.2) is 10.9 Å². The molecule has 112 valence electrons. The summed E-state index contributed by atoms with van der Waals surface area (Å²) in [6.45, 7) is 3.98. The largest absolute Gasteiger partial charge is 0.348 e. The number of carbonyl (C=O) groups is 1. The Balaban J connectivity index is 2.01. The second-order valence-corrected chi connectivity index (χ2v) is 6.44. The first-order chi connectivity index (χ1) is 10.0. The van der Waals surface area contributed by atoms with Crippen molar-refractivity contribution in [2.24, 2.45) is 0 Å². The van der Waals surface area contributed by atoms with E-state index < -0.39 is 0 Å². The van der Waals surface area contributed by atoms with Crippen LogP contribution in [0.1, 0.15) is 36.2 Å². The number of thiazole rings is 1. The van der Waals surface area contributed by atoms with Crippen molar-refractivity contribution < 1.29 is 4.79 Å². The fourth-order valence-corrected chi connectivity index (χ4v) is 3.28. The Labute approximate surface area is 138 Å². The Morgan fingerprint density at radius 1 is 1.38 bits per heavy atom. The minimum absolute atomic E-state index is 0.122. The van der Waals surface area contributed by atoms with Gasteiger partial charge in [-0.3, -0.25) is 4.79 Å². The Kier molecular flexibility index (Phi) is 5.62.